The Labute approximate surface area is 152 Å². The van der Waals surface area contributed by atoms with E-state index in [1.54, 1.807) is 6.92 Å². The average Bonchev–Trinajstić information content (AvgIpc) is 3.21. The number of hydrogen-bond acceptors (Lipinski definition) is 6. The van der Waals surface area contributed by atoms with Crippen molar-refractivity contribution in [3.63, 3.8) is 0 Å². The molecule has 9 nitrogen and oxygen atoms in total. The highest BCUT2D eigenvalue weighted by Crippen LogP contribution is 2.25. The molecule has 2 aliphatic rings. The second-order valence-corrected chi connectivity index (χ2v) is 6.95. The molecule has 0 spiro atoms. The molecule has 2 rings (SSSR count). The van der Waals surface area contributed by atoms with Gasteiger partial charge in [-0.05, 0) is 32.1 Å². The van der Waals surface area contributed by atoms with Gasteiger partial charge in [-0.25, -0.2) is 9.59 Å². The predicted octanol–water partition coefficient (Wildman–Crippen LogP) is -0.0766. The number of hydrogen-bond donors (Lipinski definition) is 2. The zero-order valence-electron chi connectivity index (χ0n) is 15.3. The number of carboxylic acid groups (broad SMARTS) is 1. The summed E-state index contributed by atoms with van der Waals surface area (Å²) >= 11 is 0. The molecular formula is C17H26N2O7. The molecular weight excluding hydrogens is 344 g/mol. The van der Waals surface area contributed by atoms with Crippen molar-refractivity contribution in [2.24, 2.45) is 5.92 Å². The highest BCUT2D eigenvalue weighted by molar-refractivity contribution is 5.96. The lowest BCUT2D eigenvalue weighted by atomic mass is 10.0. The van der Waals surface area contributed by atoms with Crippen LogP contribution in [0.1, 0.15) is 40.0 Å². The van der Waals surface area contributed by atoms with Gasteiger partial charge in [0.05, 0.1) is 6.61 Å². The maximum Gasteiger partial charge on any atom is 0.338 e. The first-order valence-electron chi connectivity index (χ1n) is 8.92. The van der Waals surface area contributed by atoms with Crippen molar-refractivity contribution in [2.45, 2.75) is 64.3 Å². The van der Waals surface area contributed by atoms with Gasteiger partial charge in [-0.15, -0.1) is 0 Å². The quantitative estimate of drug-likeness (QED) is 0.452. The van der Waals surface area contributed by atoms with Gasteiger partial charge in [-0.3, -0.25) is 9.59 Å². The van der Waals surface area contributed by atoms with Crippen molar-refractivity contribution < 1.29 is 33.8 Å². The summed E-state index contributed by atoms with van der Waals surface area (Å²) in [4.78, 5) is 49.3. The summed E-state index contributed by atoms with van der Waals surface area (Å²) in [6.07, 6.45) is -0.528. The third-order valence-corrected chi connectivity index (χ3v) is 4.41. The Morgan fingerprint density at radius 1 is 1.27 bits per heavy atom. The molecule has 0 aromatic rings. The number of likely N-dealkylation sites (tertiary alicyclic amines) is 1. The molecule has 2 saturated heterocycles. The predicted molar refractivity (Wildman–Crippen MR) is 89.1 cm³/mol. The van der Waals surface area contributed by atoms with E-state index in [2.05, 4.69) is 5.32 Å². The molecule has 0 bridgehead atoms. The highest BCUT2D eigenvalue weighted by Gasteiger charge is 2.52. The molecule has 0 unspecified atom stereocenters. The van der Waals surface area contributed by atoms with E-state index in [1.807, 2.05) is 13.8 Å². The molecule has 2 N–H and O–H groups in total. The average molecular weight is 370 g/mol. The maximum atomic E-state index is 12.8. The lowest BCUT2D eigenvalue weighted by molar-refractivity contribution is -0.149. The van der Waals surface area contributed by atoms with Crippen LogP contribution < -0.4 is 5.32 Å². The van der Waals surface area contributed by atoms with E-state index in [0.29, 0.717) is 25.8 Å². The number of carbonyl (C=O) groups excluding carboxylic acids is 3. The van der Waals surface area contributed by atoms with Crippen molar-refractivity contribution >= 4 is 23.8 Å². The van der Waals surface area contributed by atoms with Crippen LogP contribution in [0.4, 0.5) is 0 Å². The Balaban J connectivity index is 2.01. The smallest absolute Gasteiger partial charge is 0.338 e. The van der Waals surface area contributed by atoms with Gasteiger partial charge < -0.3 is 24.8 Å². The summed E-state index contributed by atoms with van der Waals surface area (Å²) in [6, 6.07) is -1.71. The van der Waals surface area contributed by atoms with E-state index < -0.39 is 48.0 Å². The summed E-state index contributed by atoms with van der Waals surface area (Å²) in [6.45, 7) is 6.00. The number of nitrogens with one attached hydrogen (secondary N) is 1. The molecule has 0 aromatic heterocycles. The van der Waals surface area contributed by atoms with Crippen LogP contribution in [-0.2, 0) is 28.7 Å². The van der Waals surface area contributed by atoms with Crippen molar-refractivity contribution in [2.75, 3.05) is 13.2 Å². The van der Waals surface area contributed by atoms with Gasteiger partial charge in [-0.1, -0.05) is 13.8 Å². The van der Waals surface area contributed by atoms with Gasteiger partial charge >= 0.3 is 11.9 Å². The Bertz CT molecular complexity index is 577. The van der Waals surface area contributed by atoms with Gasteiger partial charge in [0.2, 0.25) is 5.91 Å². The third-order valence-electron chi connectivity index (χ3n) is 4.41. The Kier molecular flexibility index (Phi) is 6.57. The molecule has 0 saturated carbocycles. The number of ether oxygens (including phenoxy) is 2. The number of epoxide rings is 1. The van der Waals surface area contributed by atoms with Crippen LogP contribution in [0.3, 0.4) is 0 Å². The van der Waals surface area contributed by atoms with E-state index >= 15 is 0 Å². The minimum Gasteiger partial charge on any atom is -0.480 e. The van der Waals surface area contributed by atoms with Gasteiger partial charge in [0.15, 0.2) is 12.2 Å². The summed E-state index contributed by atoms with van der Waals surface area (Å²) in [5.74, 6) is -2.52. The fourth-order valence-corrected chi connectivity index (χ4v) is 3.15. The molecule has 4 atom stereocenters. The topological polar surface area (TPSA) is 126 Å². The molecule has 146 valence electrons. The van der Waals surface area contributed by atoms with Gasteiger partial charge in [0.1, 0.15) is 12.1 Å². The molecule has 9 heteroatoms. The van der Waals surface area contributed by atoms with Crippen molar-refractivity contribution in [1.29, 1.82) is 0 Å². The Morgan fingerprint density at radius 3 is 2.54 bits per heavy atom. The summed E-state index contributed by atoms with van der Waals surface area (Å²) in [5.41, 5.74) is 0. The summed E-state index contributed by atoms with van der Waals surface area (Å²) in [5, 5.41) is 11.9. The Morgan fingerprint density at radius 2 is 1.96 bits per heavy atom. The van der Waals surface area contributed by atoms with E-state index in [9.17, 15) is 24.3 Å². The van der Waals surface area contributed by atoms with E-state index in [4.69, 9.17) is 9.47 Å². The largest absolute Gasteiger partial charge is 0.480 e. The molecule has 2 fully saturated rings. The fraction of sp³-hybridized carbons (Fsp3) is 0.765. The number of amides is 2. The number of carbonyl (C=O) groups is 4. The number of carboxylic acids is 1. The SMILES string of the molecule is CCOC(=O)[C@H]1O[C@H]1C(=O)N[C@@H](CC(C)C)C(=O)N1CCC[C@H]1C(=O)O. The molecule has 0 aromatic carbocycles. The van der Waals surface area contributed by atoms with Crippen molar-refractivity contribution in [3.8, 4) is 0 Å². The minimum absolute atomic E-state index is 0.108. The number of aliphatic carboxylic acids is 1. The minimum atomic E-state index is -1.04. The second kappa shape index (κ2) is 8.48. The zero-order valence-corrected chi connectivity index (χ0v) is 15.3. The molecule has 2 aliphatic heterocycles. The van der Waals surface area contributed by atoms with E-state index in [-0.39, 0.29) is 12.5 Å². The van der Waals surface area contributed by atoms with Crippen molar-refractivity contribution in [1.82, 2.24) is 10.2 Å². The molecule has 2 amide bonds. The molecule has 0 aliphatic carbocycles. The molecule has 2 heterocycles. The lowest BCUT2D eigenvalue weighted by Crippen LogP contribution is -2.53. The standard InChI is InChI=1S/C17H26N2O7/c1-4-25-17(24)13-12(26-13)14(20)18-10(8-9(2)3)15(21)19-7-5-6-11(19)16(22)23/h9-13H,4-8H2,1-3H3,(H,18,20)(H,22,23)/t10-,11-,12+,13-/m0/s1. The first kappa shape index (κ1) is 20.2. The summed E-state index contributed by atoms with van der Waals surface area (Å²) < 4.78 is 9.86. The normalized spacial score (nSPS) is 25.7. The Hall–Kier alpha value is -2.16. The third kappa shape index (κ3) is 4.72. The van der Waals surface area contributed by atoms with Crippen LogP contribution in [0.5, 0.6) is 0 Å². The number of rotatable bonds is 8. The van der Waals surface area contributed by atoms with Crippen molar-refractivity contribution in [3.05, 3.63) is 0 Å². The van der Waals surface area contributed by atoms with Gasteiger partial charge in [-0.2, -0.15) is 0 Å². The van der Waals surface area contributed by atoms with Crippen LogP contribution in [0.2, 0.25) is 0 Å². The number of nitrogens with zero attached hydrogens (tertiary/aromatic N) is 1. The lowest BCUT2D eigenvalue weighted by Gasteiger charge is -2.28. The van der Waals surface area contributed by atoms with E-state index in [0.717, 1.165) is 0 Å². The second-order valence-electron chi connectivity index (χ2n) is 6.95. The van der Waals surface area contributed by atoms with Crippen LogP contribution in [-0.4, -0.2) is 71.2 Å². The van der Waals surface area contributed by atoms with Crippen LogP contribution in [0.25, 0.3) is 0 Å². The fourth-order valence-electron chi connectivity index (χ4n) is 3.15. The van der Waals surface area contributed by atoms with Crippen LogP contribution in [0, 0.1) is 5.92 Å². The molecule has 26 heavy (non-hydrogen) atoms. The van der Waals surface area contributed by atoms with Gasteiger partial charge in [0.25, 0.3) is 5.91 Å². The monoisotopic (exact) mass is 370 g/mol. The maximum absolute atomic E-state index is 12.8. The van der Waals surface area contributed by atoms with Crippen LogP contribution in [0.15, 0.2) is 0 Å². The highest BCUT2D eigenvalue weighted by atomic mass is 16.6. The molecule has 0 radical (unpaired) electrons. The van der Waals surface area contributed by atoms with Gasteiger partial charge in [0, 0.05) is 6.54 Å². The number of esters is 1. The zero-order chi connectivity index (χ0) is 19.4. The van der Waals surface area contributed by atoms with Crippen LogP contribution >= 0.6 is 0 Å². The summed E-state index contributed by atoms with van der Waals surface area (Å²) in [7, 11) is 0. The first-order chi connectivity index (χ1) is 12.3. The first-order valence-corrected chi connectivity index (χ1v) is 8.92. The van der Waals surface area contributed by atoms with E-state index in [1.165, 1.54) is 4.90 Å².